The summed E-state index contributed by atoms with van der Waals surface area (Å²) in [5.74, 6) is 0. The average molecular weight is 423 g/mol. The summed E-state index contributed by atoms with van der Waals surface area (Å²) in [7, 11) is -1.33. The van der Waals surface area contributed by atoms with Crippen LogP contribution in [0.2, 0.25) is 5.04 Å². The smallest absolute Gasteiger partial charge is 0.410 e. The number of carbonyl (C=O) groups is 1. The fourth-order valence-electron chi connectivity index (χ4n) is 4.44. The SMILES string of the molecule is COC(=O)N1CC[C@@H](O[Si](c2ccccc2)(c2ccccc2)C(C)(C)C)C[C@H]1C#N. The monoisotopic (exact) mass is 422 g/mol. The zero-order chi connectivity index (χ0) is 21.8. The van der Waals surface area contributed by atoms with E-state index in [4.69, 9.17) is 9.16 Å². The van der Waals surface area contributed by atoms with Crippen LogP contribution in [0.4, 0.5) is 4.79 Å². The summed E-state index contributed by atoms with van der Waals surface area (Å²) >= 11 is 0. The molecule has 2 aromatic carbocycles. The lowest BCUT2D eigenvalue weighted by atomic mass is 10.0. The predicted molar refractivity (Wildman–Crippen MR) is 120 cm³/mol. The van der Waals surface area contributed by atoms with Crippen molar-refractivity contribution in [1.82, 2.24) is 4.90 Å². The van der Waals surface area contributed by atoms with E-state index in [1.54, 1.807) is 0 Å². The lowest BCUT2D eigenvalue weighted by Crippen LogP contribution is -2.68. The second-order valence-electron chi connectivity index (χ2n) is 8.74. The molecule has 30 heavy (non-hydrogen) atoms. The number of nitriles is 1. The molecule has 2 atom stereocenters. The van der Waals surface area contributed by atoms with Crippen molar-refractivity contribution in [3.05, 3.63) is 60.7 Å². The fourth-order valence-corrected chi connectivity index (χ4v) is 9.17. The first-order valence-corrected chi connectivity index (χ1v) is 12.3. The molecule has 0 radical (unpaired) electrons. The normalized spacial score (nSPS) is 19.8. The molecule has 0 spiro atoms. The second kappa shape index (κ2) is 9.03. The number of ether oxygens (including phenoxy) is 1. The van der Waals surface area contributed by atoms with Crippen LogP contribution in [-0.4, -0.2) is 45.1 Å². The molecule has 0 N–H and O–H groups in total. The van der Waals surface area contributed by atoms with Gasteiger partial charge in [0.2, 0.25) is 0 Å². The summed E-state index contributed by atoms with van der Waals surface area (Å²) in [5.41, 5.74) is 0. The van der Waals surface area contributed by atoms with Gasteiger partial charge < -0.3 is 9.16 Å². The Bertz CT molecular complexity index is 851. The Kier molecular flexibility index (Phi) is 6.64. The molecule has 158 valence electrons. The van der Waals surface area contributed by atoms with Gasteiger partial charge in [-0.05, 0) is 21.8 Å². The molecule has 2 aromatic rings. The maximum absolute atomic E-state index is 12.1. The molecule has 0 unspecified atom stereocenters. The van der Waals surface area contributed by atoms with Crippen LogP contribution in [0.25, 0.3) is 0 Å². The van der Waals surface area contributed by atoms with Crippen LogP contribution in [0.5, 0.6) is 0 Å². The van der Waals surface area contributed by atoms with Gasteiger partial charge in [0, 0.05) is 13.0 Å². The minimum Gasteiger partial charge on any atom is -0.453 e. The number of likely N-dealkylation sites (tertiary alicyclic amines) is 1. The van der Waals surface area contributed by atoms with Crippen molar-refractivity contribution >= 4 is 24.8 Å². The number of piperidine rings is 1. The zero-order valence-electron chi connectivity index (χ0n) is 18.2. The van der Waals surface area contributed by atoms with Gasteiger partial charge >= 0.3 is 6.09 Å². The topological polar surface area (TPSA) is 62.6 Å². The first kappa shape index (κ1) is 22.1. The highest BCUT2D eigenvalue weighted by Crippen LogP contribution is 2.39. The van der Waals surface area contributed by atoms with E-state index < -0.39 is 20.5 Å². The van der Waals surface area contributed by atoms with Crippen molar-refractivity contribution in [2.75, 3.05) is 13.7 Å². The van der Waals surface area contributed by atoms with Crippen molar-refractivity contribution in [2.45, 2.75) is 50.8 Å². The summed E-state index contributed by atoms with van der Waals surface area (Å²) < 4.78 is 12.0. The number of methoxy groups -OCH3 is 1. The number of amides is 1. The van der Waals surface area contributed by atoms with Crippen molar-refractivity contribution < 1.29 is 14.0 Å². The van der Waals surface area contributed by atoms with Crippen LogP contribution < -0.4 is 10.4 Å². The Morgan fingerprint density at radius 3 is 2.03 bits per heavy atom. The minimum absolute atomic E-state index is 0.109. The van der Waals surface area contributed by atoms with E-state index in [9.17, 15) is 10.1 Å². The molecule has 1 heterocycles. The van der Waals surface area contributed by atoms with Crippen LogP contribution in [0.1, 0.15) is 33.6 Å². The Morgan fingerprint density at radius 2 is 1.60 bits per heavy atom. The van der Waals surface area contributed by atoms with Gasteiger partial charge in [-0.15, -0.1) is 0 Å². The van der Waals surface area contributed by atoms with Gasteiger partial charge in [0.25, 0.3) is 8.32 Å². The number of hydrogen-bond acceptors (Lipinski definition) is 4. The highest BCUT2D eigenvalue weighted by molar-refractivity contribution is 6.99. The molecule has 0 aromatic heterocycles. The van der Waals surface area contributed by atoms with Gasteiger partial charge in [-0.25, -0.2) is 4.79 Å². The number of carbonyl (C=O) groups excluding carboxylic acids is 1. The Labute approximate surface area is 180 Å². The summed E-state index contributed by atoms with van der Waals surface area (Å²) in [6.07, 6.45) is 0.598. The molecule has 3 rings (SSSR count). The van der Waals surface area contributed by atoms with E-state index in [0.29, 0.717) is 19.4 Å². The summed E-state index contributed by atoms with van der Waals surface area (Å²) in [4.78, 5) is 13.6. The minimum atomic E-state index is -2.68. The Morgan fingerprint density at radius 1 is 1.07 bits per heavy atom. The van der Waals surface area contributed by atoms with Crippen LogP contribution in [-0.2, 0) is 9.16 Å². The highest BCUT2D eigenvalue weighted by atomic mass is 28.4. The Hall–Kier alpha value is -2.62. The lowest BCUT2D eigenvalue weighted by molar-refractivity contribution is 0.0579. The molecule has 1 aliphatic heterocycles. The molecular formula is C24H30N2O3Si. The molecule has 1 aliphatic rings. The van der Waals surface area contributed by atoms with Crippen LogP contribution in [0.3, 0.4) is 0 Å². The average Bonchev–Trinajstić information content (AvgIpc) is 2.77. The zero-order valence-corrected chi connectivity index (χ0v) is 19.2. The molecule has 1 fully saturated rings. The van der Waals surface area contributed by atoms with Gasteiger partial charge in [-0.1, -0.05) is 81.4 Å². The quantitative estimate of drug-likeness (QED) is 0.705. The maximum atomic E-state index is 12.1. The van der Waals surface area contributed by atoms with Gasteiger partial charge in [0.1, 0.15) is 6.04 Å². The summed E-state index contributed by atoms with van der Waals surface area (Å²) in [6, 6.07) is 22.7. The number of rotatable bonds is 4. The van der Waals surface area contributed by atoms with Crippen LogP contribution >= 0.6 is 0 Å². The number of hydrogen-bond donors (Lipinski definition) is 0. The lowest BCUT2D eigenvalue weighted by Gasteiger charge is -2.47. The van der Waals surface area contributed by atoms with E-state index in [1.165, 1.54) is 22.4 Å². The van der Waals surface area contributed by atoms with Crippen LogP contribution in [0, 0.1) is 11.3 Å². The molecule has 1 amide bonds. The van der Waals surface area contributed by atoms with Gasteiger partial charge in [-0.3, -0.25) is 4.90 Å². The van der Waals surface area contributed by atoms with Gasteiger partial charge in [-0.2, -0.15) is 5.26 Å². The third kappa shape index (κ3) is 4.14. The molecule has 0 bridgehead atoms. The highest BCUT2D eigenvalue weighted by Gasteiger charge is 2.52. The molecule has 0 saturated carbocycles. The summed E-state index contributed by atoms with van der Waals surface area (Å²) in [5, 5.41) is 12.0. The third-order valence-electron chi connectivity index (χ3n) is 5.87. The van der Waals surface area contributed by atoms with E-state index in [-0.39, 0.29) is 11.1 Å². The number of benzene rings is 2. The van der Waals surface area contributed by atoms with E-state index >= 15 is 0 Å². The van der Waals surface area contributed by atoms with Gasteiger partial charge in [0.05, 0.1) is 19.3 Å². The van der Waals surface area contributed by atoms with Crippen LogP contribution in [0.15, 0.2) is 60.7 Å². The van der Waals surface area contributed by atoms with E-state index in [1.807, 2.05) is 12.1 Å². The standard InChI is InChI=1S/C24H30N2O3Si/c1-24(2,3)30(21-11-7-5-8-12-21,22-13-9-6-10-14-22)29-20-15-16-26(23(27)28-4)19(17-20)18-25/h5-14,19-20H,15-17H2,1-4H3/t19-,20+/m0/s1. The summed E-state index contributed by atoms with van der Waals surface area (Å²) in [6.45, 7) is 7.17. The molecule has 6 heteroatoms. The molecular weight excluding hydrogens is 392 g/mol. The molecule has 0 aliphatic carbocycles. The fraction of sp³-hybridized carbons (Fsp3) is 0.417. The van der Waals surface area contributed by atoms with Gasteiger partial charge in [0.15, 0.2) is 0 Å². The molecule has 1 saturated heterocycles. The first-order chi connectivity index (χ1) is 14.3. The Balaban J connectivity index is 2.03. The largest absolute Gasteiger partial charge is 0.453 e. The van der Waals surface area contributed by atoms with E-state index in [2.05, 4.69) is 75.4 Å². The number of nitrogens with zero attached hydrogens (tertiary/aromatic N) is 2. The third-order valence-corrected chi connectivity index (χ3v) is 11.0. The second-order valence-corrected chi connectivity index (χ2v) is 13.0. The van der Waals surface area contributed by atoms with Crippen molar-refractivity contribution in [3.8, 4) is 6.07 Å². The molecule has 5 nitrogen and oxygen atoms in total. The van der Waals surface area contributed by atoms with E-state index in [0.717, 1.165) is 0 Å². The van der Waals surface area contributed by atoms with Crippen molar-refractivity contribution in [1.29, 1.82) is 5.26 Å². The maximum Gasteiger partial charge on any atom is 0.410 e. The first-order valence-electron chi connectivity index (χ1n) is 10.4. The predicted octanol–water partition coefficient (Wildman–Crippen LogP) is 3.69. The van der Waals surface area contributed by atoms with Crippen molar-refractivity contribution in [3.63, 3.8) is 0 Å². The van der Waals surface area contributed by atoms with Crippen molar-refractivity contribution in [2.24, 2.45) is 0 Å².